The normalized spacial score (nSPS) is 19.6. The predicted molar refractivity (Wildman–Crippen MR) is 98.3 cm³/mol. The molecule has 1 heterocycles. The fraction of sp³-hybridized carbons (Fsp3) is 0.588. The molecule has 0 spiro atoms. The predicted octanol–water partition coefficient (Wildman–Crippen LogP) is 3.66. The molecule has 0 aliphatic carbocycles. The summed E-state index contributed by atoms with van der Waals surface area (Å²) in [6, 6.07) is 3.52. The van der Waals surface area contributed by atoms with Gasteiger partial charge in [0, 0.05) is 5.82 Å². The molecule has 0 saturated carbocycles. The van der Waals surface area contributed by atoms with E-state index in [2.05, 4.69) is 15.9 Å². The third kappa shape index (κ3) is 3.96. The van der Waals surface area contributed by atoms with Gasteiger partial charge in [0.25, 0.3) is 0 Å². The van der Waals surface area contributed by atoms with Gasteiger partial charge >= 0.3 is 13.1 Å². The van der Waals surface area contributed by atoms with Crippen molar-refractivity contribution >= 4 is 29.0 Å². The van der Waals surface area contributed by atoms with Crippen LogP contribution in [-0.2, 0) is 14.1 Å². The molecule has 1 aromatic rings. The van der Waals surface area contributed by atoms with Crippen LogP contribution in [0.2, 0.25) is 0 Å². The van der Waals surface area contributed by atoms with E-state index in [1.165, 1.54) is 0 Å². The molecule has 1 aliphatic heterocycles. The smallest absolute Gasteiger partial charge is 0.466 e. The van der Waals surface area contributed by atoms with Gasteiger partial charge < -0.3 is 23.9 Å². The summed E-state index contributed by atoms with van der Waals surface area (Å²) in [6.07, 6.45) is -0.155. The summed E-state index contributed by atoms with van der Waals surface area (Å²) in [5, 5.41) is 9.42. The van der Waals surface area contributed by atoms with Gasteiger partial charge in [-0.15, -0.1) is 0 Å². The van der Waals surface area contributed by atoms with E-state index >= 15 is 0 Å². The largest absolute Gasteiger partial charge is 0.496 e. The van der Waals surface area contributed by atoms with Crippen molar-refractivity contribution in [1.29, 1.82) is 0 Å². The highest BCUT2D eigenvalue weighted by Crippen LogP contribution is 2.45. The molecule has 0 amide bonds. The Morgan fingerprint density at radius 1 is 1.16 bits per heavy atom. The molecule has 1 atom stereocenters. The first-order valence-corrected chi connectivity index (χ1v) is 8.80. The lowest BCUT2D eigenvalue weighted by molar-refractivity contribution is -0.137. The minimum atomic E-state index is -0.941. The molecule has 1 fully saturated rings. The van der Waals surface area contributed by atoms with Crippen molar-refractivity contribution < 1.29 is 28.7 Å². The third-order valence-electron chi connectivity index (χ3n) is 4.90. The van der Waals surface area contributed by atoms with Crippen LogP contribution in [0.15, 0.2) is 16.6 Å². The molecule has 1 N–H and O–H groups in total. The molecule has 0 radical (unpaired) electrons. The van der Waals surface area contributed by atoms with Crippen LogP contribution in [0.5, 0.6) is 11.5 Å². The maximum absolute atomic E-state index is 11.5. The molecular weight excluding hydrogens is 391 g/mol. The quantitative estimate of drug-likeness (QED) is 0.716. The Balaban J connectivity index is 2.51. The van der Waals surface area contributed by atoms with Gasteiger partial charge in [0.1, 0.15) is 11.5 Å². The van der Waals surface area contributed by atoms with Gasteiger partial charge in [-0.1, -0.05) is 0 Å². The standard InChI is InChI=1S/C17H24BBrO6/c1-16(2)17(3,4)25-18(24-16)11(8-15(20)21)10-7-14(23-6)12(19)9-13(10)22-5/h7,9,11H,8H2,1-6H3,(H,20,21). The van der Waals surface area contributed by atoms with E-state index < -0.39 is 30.1 Å². The zero-order valence-electron chi connectivity index (χ0n) is 15.4. The van der Waals surface area contributed by atoms with Crippen LogP contribution in [0.4, 0.5) is 0 Å². The molecule has 1 aliphatic rings. The number of benzene rings is 1. The number of carbonyl (C=O) groups is 1. The van der Waals surface area contributed by atoms with Gasteiger partial charge in [-0.2, -0.15) is 0 Å². The van der Waals surface area contributed by atoms with Crippen molar-refractivity contribution in [3.8, 4) is 11.5 Å². The number of methoxy groups -OCH3 is 2. The average molecular weight is 415 g/mol. The van der Waals surface area contributed by atoms with Crippen LogP contribution < -0.4 is 9.47 Å². The van der Waals surface area contributed by atoms with E-state index in [9.17, 15) is 9.90 Å². The highest BCUT2D eigenvalue weighted by atomic mass is 79.9. The number of hydrogen-bond donors (Lipinski definition) is 1. The molecule has 0 aromatic heterocycles. The third-order valence-corrected chi connectivity index (χ3v) is 5.52. The molecule has 6 nitrogen and oxygen atoms in total. The molecule has 1 saturated heterocycles. The lowest BCUT2D eigenvalue weighted by atomic mass is 9.66. The Kier molecular flexibility index (Phi) is 5.76. The van der Waals surface area contributed by atoms with E-state index in [4.69, 9.17) is 18.8 Å². The molecule has 0 bridgehead atoms. The summed E-state index contributed by atoms with van der Waals surface area (Å²) in [7, 11) is 2.39. The highest BCUT2D eigenvalue weighted by molar-refractivity contribution is 9.10. The first kappa shape index (κ1) is 20.1. The van der Waals surface area contributed by atoms with Crippen LogP contribution in [-0.4, -0.2) is 43.6 Å². The minimum Gasteiger partial charge on any atom is -0.496 e. The molecule has 1 aromatic carbocycles. The minimum absolute atomic E-state index is 0.155. The summed E-state index contributed by atoms with van der Waals surface area (Å²) < 4.78 is 23.7. The van der Waals surface area contributed by atoms with Crippen molar-refractivity contribution in [3.05, 3.63) is 22.2 Å². The lowest BCUT2D eigenvalue weighted by Crippen LogP contribution is -2.41. The van der Waals surface area contributed by atoms with Gasteiger partial charge in [-0.25, -0.2) is 0 Å². The monoisotopic (exact) mass is 414 g/mol. The Morgan fingerprint density at radius 2 is 1.68 bits per heavy atom. The van der Waals surface area contributed by atoms with Gasteiger partial charge in [-0.05, 0) is 61.3 Å². The SMILES string of the molecule is COc1cc(C(CC(=O)O)B2OC(C)(C)C(C)(C)O2)c(OC)cc1Br. The zero-order valence-corrected chi connectivity index (χ0v) is 17.0. The van der Waals surface area contributed by atoms with Crippen LogP contribution in [0.25, 0.3) is 0 Å². The number of carboxylic acids is 1. The second-order valence-electron chi connectivity index (χ2n) is 7.06. The number of halogens is 1. The Labute approximate surface area is 157 Å². The number of rotatable bonds is 6. The summed E-state index contributed by atoms with van der Waals surface area (Å²) in [4.78, 5) is 11.5. The van der Waals surface area contributed by atoms with Crippen LogP contribution in [0.3, 0.4) is 0 Å². The van der Waals surface area contributed by atoms with Crippen molar-refractivity contribution in [2.24, 2.45) is 0 Å². The molecule has 8 heteroatoms. The first-order valence-electron chi connectivity index (χ1n) is 8.01. The van der Waals surface area contributed by atoms with E-state index in [1.807, 2.05) is 27.7 Å². The highest BCUT2D eigenvalue weighted by Gasteiger charge is 2.54. The lowest BCUT2D eigenvalue weighted by Gasteiger charge is -2.32. The summed E-state index contributed by atoms with van der Waals surface area (Å²) >= 11 is 3.42. The zero-order chi connectivity index (χ0) is 19.0. The Hall–Kier alpha value is -1.25. The van der Waals surface area contributed by atoms with Gasteiger partial charge in [0.15, 0.2) is 0 Å². The van der Waals surface area contributed by atoms with Crippen molar-refractivity contribution in [2.75, 3.05) is 14.2 Å². The van der Waals surface area contributed by atoms with E-state index in [0.29, 0.717) is 17.1 Å². The van der Waals surface area contributed by atoms with E-state index in [1.54, 1.807) is 26.4 Å². The van der Waals surface area contributed by atoms with E-state index in [0.717, 1.165) is 4.47 Å². The summed E-state index contributed by atoms with van der Waals surface area (Å²) in [5.41, 5.74) is -0.439. The van der Waals surface area contributed by atoms with Gasteiger partial charge in [0.2, 0.25) is 0 Å². The maximum Gasteiger partial charge on any atom is 0.466 e. The van der Waals surface area contributed by atoms with E-state index in [-0.39, 0.29) is 6.42 Å². The molecule has 25 heavy (non-hydrogen) atoms. The Bertz CT molecular complexity index is 645. The van der Waals surface area contributed by atoms with Gasteiger partial charge in [0.05, 0.1) is 36.3 Å². The van der Waals surface area contributed by atoms with Crippen LogP contribution in [0.1, 0.15) is 45.5 Å². The molecule has 1 unspecified atom stereocenters. The number of carboxylic acid groups (broad SMARTS) is 1. The maximum atomic E-state index is 11.5. The number of ether oxygens (including phenoxy) is 2. The summed E-state index contributed by atoms with van der Waals surface area (Å²) in [5.74, 6) is -0.351. The number of hydrogen-bond acceptors (Lipinski definition) is 5. The van der Waals surface area contributed by atoms with Crippen LogP contribution in [0, 0.1) is 0 Å². The van der Waals surface area contributed by atoms with Crippen molar-refractivity contribution in [1.82, 2.24) is 0 Å². The van der Waals surface area contributed by atoms with Crippen molar-refractivity contribution in [2.45, 2.75) is 51.1 Å². The fourth-order valence-corrected chi connectivity index (χ4v) is 3.25. The molecular formula is C17H24BBrO6. The first-order chi connectivity index (χ1) is 11.5. The average Bonchev–Trinajstić information content (AvgIpc) is 2.72. The fourth-order valence-electron chi connectivity index (χ4n) is 2.77. The van der Waals surface area contributed by atoms with Gasteiger partial charge in [-0.3, -0.25) is 4.79 Å². The summed E-state index contributed by atoms with van der Waals surface area (Å²) in [6.45, 7) is 7.74. The second kappa shape index (κ2) is 7.17. The van der Waals surface area contributed by atoms with Crippen molar-refractivity contribution in [3.63, 3.8) is 0 Å². The molecule has 2 rings (SSSR count). The van der Waals surface area contributed by atoms with Crippen LogP contribution >= 0.6 is 15.9 Å². The second-order valence-corrected chi connectivity index (χ2v) is 7.91. The number of aliphatic carboxylic acids is 1. The topological polar surface area (TPSA) is 74.2 Å². The Morgan fingerprint density at radius 3 is 2.12 bits per heavy atom. The molecule has 138 valence electrons.